The topological polar surface area (TPSA) is 107 Å². The SMILES string of the molecule is O=c1ccn([C@@H]2O[C@H](CO)[C@@H](O)[C@@H]2F)c(=O)n1Cc1ccccn1. The standard InChI is InChI=1S/C15H16FN3O5/c16-12-13(22)10(8-20)24-14(12)18-6-4-11(21)19(15(18)23)7-9-3-1-2-5-17-9/h1-6,10,12-14,20,22H,7-8H2/t10-,12+,13-,14-/m1/s1. The van der Waals surface area contributed by atoms with Gasteiger partial charge in [-0.3, -0.25) is 18.9 Å². The molecular weight excluding hydrogens is 321 g/mol. The summed E-state index contributed by atoms with van der Waals surface area (Å²) in [5, 5.41) is 18.8. The molecule has 0 aliphatic carbocycles. The zero-order chi connectivity index (χ0) is 17.3. The zero-order valence-electron chi connectivity index (χ0n) is 12.5. The summed E-state index contributed by atoms with van der Waals surface area (Å²) in [6, 6.07) is 6.18. The van der Waals surface area contributed by atoms with E-state index in [-0.39, 0.29) is 6.54 Å². The summed E-state index contributed by atoms with van der Waals surface area (Å²) in [4.78, 5) is 28.6. The molecule has 4 atom stereocenters. The molecule has 3 rings (SSSR count). The first-order chi connectivity index (χ1) is 11.5. The van der Waals surface area contributed by atoms with Gasteiger partial charge < -0.3 is 14.9 Å². The van der Waals surface area contributed by atoms with Crippen molar-refractivity contribution in [1.82, 2.24) is 14.1 Å². The minimum absolute atomic E-state index is 0.0744. The van der Waals surface area contributed by atoms with Crippen molar-refractivity contribution in [1.29, 1.82) is 0 Å². The summed E-state index contributed by atoms with van der Waals surface area (Å²) in [6.07, 6.45) is -3.36. The molecular formula is C15H16FN3O5. The third-order valence-corrected chi connectivity index (χ3v) is 3.89. The van der Waals surface area contributed by atoms with Crippen LogP contribution in [0.2, 0.25) is 0 Å². The van der Waals surface area contributed by atoms with Gasteiger partial charge in [0.05, 0.1) is 18.8 Å². The molecule has 24 heavy (non-hydrogen) atoms. The largest absolute Gasteiger partial charge is 0.394 e. The molecule has 8 nitrogen and oxygen atoms in total. The number of ether oxygens (including phenoxy) is 1. The Morgan fingerprint density at radius 1 is 1.29 bits per heavy atom. The van der Waals surface area contributed by atoms with E-state index in [4.69, 9.17) is 9.84 Å². The van der Waals surface area contributed by atoms with Gasteiger partial charge in [0.2, 0.25) is 0 Å². The van der Waals surface area contributed by atoms with E-state index in [2.05, 4.69) is 4.98 Å². The number of hydrogen-bond acceptors (Lipinski definition) is 6. The van der Waals surface area contributed by atoms with Gasteiger partial charge in [0, 0.05) is 18.5 Å². The minimum atomic E-state index is -1.90. The number of rotatable bonds is 4. The molecule has 0 amide bonds. The second-order valence-electron chi connectivity index (χ2n) is 5.43. The lowest BCUT2D eigenvalue weighted by Gasteiger charge is -2.17. The van der Waals surface area contributed by atoms with Crippen molar-refractivity contribution in [2.24, 2.45) is 0 Å². The molecule has 2 aromatic rings. The highest BCUT2D eigenvalue weighted by atomic mass is 19.1. The maximum absolute atomic E-state index is 14.2. The smallest absolute Gasteiger partial charge is 0.333 e. The molecule has 2 N–H and O–H groups in total. The van der Waals surface area contributed by atoms with Crippen molar-refractivity contribution in [2.75, 3.05) is 6.61 Å². The van der Waals surface area contributed by atoms with Crippen LogP contribution in [-0.2, 0) is 11.3 Å². The van der Waals surface area contributed by atoms with Crippen molar-refractivity contribution in [3.05, 3.63) is 63.2 Å². The Labute approximate surface area is 135 Å². The zero-order valence-corrected chi connectivity index (χ0v) is 12.5. The average molecular weight is 337 g/mol. The maximum atomic E-state index is 14.2. The Hall–Kier alpha value is -2.36. The Kier molecular flexibility index (Phi) is 4.56. The lowest BCUT2D eigenvalue weighted by molar-refractivity contribution is -0.0496. The van der Waals surface area contributed by atoms with Crippen LogP contribution in [0, 0.1) is 0 Å². The minimum Gasteiger partial charge on any atom is -0.394 e. The van der Waals surface area contributed by atoms with Gasteiger partial charge in [-0.25, -0.2) is 9.18 Å². The van der Waals surface area contributed by atoms with Gasteiger partial charge >= 0.3 is 5.69 Å². The lowest BCUT2D eigenvalue weighted by Crippen LogP contribution is -2.42. The number of hydrogen-bond donors (Lipinski definition) is 2. The Morgan fingerprint density at radius 3 is 2.71 bits per heavy atom. The Balaban J connectivity index is 1.98. The van der Waals surface area contributed by atoms with Crippen LogP contribution in [0.1, 0.15) is 11.9 Å². The fourth-order valence-corrected chi connectivity index (χ4v) is 2.60. The molecule has 0 radical (unpaired) electrons. The molecule has 1 aliphatic heterocycles. The molecule has 0 bridgehead atoms. The van der Waals surface area contributed by atoms with Gasteiger partial charge in [-0.2, -0.15) is 0 Å². The Morgan fingerprint density at radius 2 is 2.08 bits per heavy atom. The first-order valence-corrected chi connectivity index (χ1v) is 7.33. The Bertz CT molecular complexity index is 822. The van der Waals surface area contributed by atoms with E-state index in [1.54, 1.807) is 18.2 Å². The first kappa shape index (κ1) is 16.5. The third-order valence-electron chi connectivity index (χ3n) is 3.89. The van der Waals surface area contributed by atoms with Crippen molar-refractivity contribution in [3.8, 4) is 0 Å². The highest BCUT2D eigenvalue weighted by Gasteiger charge is 2.45. The highest BCUT2D eigenvalue weighted by molar-refractivity contribution is 5.05. The second-order valence-corrected chi connectivity index (χ2v) is 5.43. The van der Waals surface area contributed by atoms with Crippen LogP contribution in [0.4, 0.5) is 4.39 Å². The maximum Gasteiger partial charge on any atom is 0.333 e. The van der Waals surface area contributed by atoms with Gasteiger partial charge in [-0.15, -0.1) is 0 Å². The molecule has 128 valence electrons. The number of aliphatic hydroxyl groups is 2. The van der Waals surface area contributed by atoms with Crippen LogP contribution in [0.5, 0.6) is 0 Å². The molecule has 0 aromatic carbocycles. The van der Waals surface area contributed by atoms with Gasteiger partial charge in [-0.05, 0) is 12.1 Å². The number of alkyl halides is 1. The van der Waals surface area contributed by atoms with Crippen molar-refractivity contribution >= 4 is 0 Å². The fraction of sp³-hybridized carbons (Fsp3) is 0.400. The van der Waals surface area contributed by atoms with E-state index in [0.29, 0.717) is 5.69 Å². The van der Waals surface area contributed by atoms with Crippen LogP contribution < -0.4 is 11.2 Å². The molecule has 0 spiro atoms. The average Bonchev–Trinajstić information content (AvgIpc) is 2.88. The second kappa shape index (κ2) is 6.63. The molecule has 2 aromatic heterocycles. The normalized spacial score (nSPS) is 26.6. The van der Waals surface area contributed by atoms with E-state index in [9.17, 15) is 19.1 Å². The number of aromatic nitrogens is 3. The van der Waals surface area contributed by atoms with Gasteiger partial charge in [-0.1, -0.05) is 6.07 Å². The van der Waals surface area contributed by atoms with Crippen molar-refractivity contribution in [2.45, 2.75) is 31.2 Å². The van der Waals surface area contributed by atoms with E-state index in [0.717, 1.165) is 21.4 Å². The predicted octanol–water partition coefficient (Wildman–Crippen LogP) is -0.958. The molecule has 1 aliphatic rings. The summed E-state index contributed by atoms with van der Waals surface area (Å²) in [5.41, 5.74) is -0.854. The fourth-order valence-electron chi connectivity index (χ4n) is 2.60. The lowest BCUT2D eigenvalue weighted by atomic mass is 10.1. The van der Waals surface area contributed by atoms with E-state index < -0.39 is 42.5 Å². The van der Waals surface area contributed by atoms with Crippen molar-refractivity contribution in [3.63, 3.8) is 0 Å². The van der Waals surface area contributed by atoms with Gasteiger partial charge in [0.1, 0.15) is 12.2 Å². The van der Waals surface area contributed by atoms with Crippen LogP contribution >= 0.6 is 0 Å². The number of nitrogens with zero attached hydrogens (tertiary/aromatic N) is 3. The predicted molar refractivity (Wildman–Crippen MR) is 80.2 cm³/mol. The van der Waals surface area contributed by atoms with Gasteiger partial charge in [0.25, 0.3) is 5.56 Å². The molecule has 1 saturated heterocycles. The molecule has 3 heterocycles. The van der Waals surface area contributed by atoms with Crippen molar-refractivity contribution < 1.29 is 19.3 Å². The van der Waals surface area contributed by atoms with E-state index in [1.165, 1.54) is 6.20 Å². The van der Waals surface area contributed by atoms with Crippen LogP contribution in [0.15, 0.2) is 46.2 Å². The van der Waals surface area contributed by atoms with E-state index >= 15 is 0 Å². The van der Waals surface area contributed by atoms with E-state index in [1.807, 2.05) is 0 Å². The number of pyridine rings is 1. The molecule has 9 heteroatoms. The van der Waals surface area contributed by atoms with Crippen LogP contribution in [0.25, 0.3) is 0 Å². The number of halogens is 1. The summed E-state index contributed by atoms with van der Waals surface area (Å²) >= 11 is 0. The quantitative estimate of drug-likeness (QED) is 0.744. The third kappa shape index (κ3) is 2.88. The highest BCUT2D eigenvalue weighted by Crippen LogP contribution is 2.30. The van der Waals surface area contributed by atoms with Gasteiger partial charge in [0.15, 0.2) is 12.4 Å². The summed E-state index contributed by atoms with van der Waals surface area (Å²) < 4.78 is 21.2. The number of aliphatic hydroxyl groups excluding tert-OH is 2. The van der Waals surface area contributed by atoms with Crippen LogP contribution in [-0.4, -0.2) is 49.3 Å². The molecule has 1 fully saturated rings. The molecule has 0 unspecified atom stereocenters. The first-order valence-electron chi connectivity index (χ1n) is 7.33. The summed E-state index contributed by atoms with van der Waals surface area (Å²) in [6.45, 7) is -0.657. The monoisotopic (exact) mass is 337 g/mol. The molecule has 0 saturated carbocycles. The summed E-state index contributed by atoms with van der Waals surface area (Å²) in [5.74, 6) is 0. The van der Waals surface area contributed by atoms with Crippen LogP contribution in [0.3, 0.4) is 0 Å². The summed E-state index contributed by atoms with van der Waals surface area (Å²) in [7, 11) is 0.